The van der Waals surface area contributed by atoms with Crippen molar-refractivity contribution < 1.29 is 4.74 Å². The molecule has 2 fully saturated rings. The molecule has 1 aromatic heterocycles. The third-order valence-electron chi connectivity index (χ3n) is 8.37. The van der Waals surface area contributed by atoms with E-state index in [0.29, 0.717) is 11.8 Å². The van der Waals surface area contributed by atoms with Crippen LogP contribution in [0.2, 0.25) is 0 Å². The van der Waals surface area contributed by atoms with Crippen LogP contribution >= 0.6 is 0 Å². The molecular weight excluding hydrogens is 432 g/mol. The summed E-state index contributed by atoms with van der Waals surface area (Å²) in [6.07, 6.45) is 8.74. The number of nitrogens with one attached hydrogen (secondary N) is 1. The average Bonchev–Trinajstić information content (AvgIpc) is 3.22. The van der Waals surface area contributed by atoms with Gasteiger partial charge in [-0.2, -0.15) is 0 Å². The fourth-order valence-electron chi connectivity index (χ4n) is 6.17. The molecule has 0 spiro atoms. The van der Waals surface area contributed by atoms with Crippen LogP contribution in [0.3, 0.4) is 0 Å². The molecule has 186 valence electrons. The fourth-order valence-corrected chi connectivity index (χ4v) is 6.17. The van der Waals surface area contributed by atoms with Gasteiger partial charge in [0.2, 0.25) is 0 Å². The summed E-state index contributed by atoms with van der Waals surface area (Å²) in [4.78, 5) is 15.1. The monoisotopic (exact) mass is 472 g/mol. The Kier molecular flexibility index (Phi) is 7.08. The van der Waals surface area contributed by atoms with E-state index in [9.17, 15) is 0 Å². The maximum Gasteiger partial charge on any atom is 0.158 e. The molecule has 5 heteroatoms. The van der Waals surface area contributed by atoms with Gasteiger partial charge in [-0.05, 0) is 111 Å². The van der Waals surface area contributed by atoms with Gasteiger partial charge in [-0.1, -0.05) is 26.0 Å². The highest BCUT2D eigenvalue weighted by Crippen LogP contribution is 2.39. The van der Waals surface area contributed by atoms with E-state index in [2.05, 4.69) is 78.8 Å². The summed E-state index contributed by atoms with van der Waals surface area (Å²) in [6.45, 7) is 15.3. The number of benzene rings is 1. The van der Waals surface area contributed by atoms with Crippen molar-refractivity contribution in [3.63, 3.8) is 0 Å². The number of hydrogen-bond donors (Lipinski definition) is 1. The van der Waals surface area contributed by atoms with Gasteiger partial charge in [0, 0.05) is 35.9 Å². The molecular formula is C30H40N4O. The fraction of sp³-hybridized carbons (Fsp3) is 0.533. The van der Waals surface area contributed by atoms with Gasteiger partial charge in [0.25, 0.3) is 0 Å². The zero-order valence-corrected chi connectivity index (χ0v) is 22.0. The Morgan fingerprint density at radius 2 is 1.83 bits per heavy atom. The molecule has 2 aromatic rings. The van der Waals surface area contributed by atoms with Gasteiger partial charge in [0.15, 0.2) is 5.84 Å². The van der Waals surface area contributed by atoms with Gasteiger partial charge in [0.05, 0.1) is 0 Å². The van der Waals surface area contributed by atoms with E-state index in [1.54, 1.807) is 6.34 Å². The van der Waals surface area contributed by atoms with E-state index in [1.165, 1.54) is 77.6 Å². The van der Waals surface area contributed by atoms with E-state index < -0.39 is 0 Å². The Balaban J connectivity index is 1.43. The first kappa shape index (κ1) is 24.2. The Morgan fingerprint density at radius 1 is 1.11 bits per heavy atom. The second kappa shape index (κ2) is 10.2. The molecule has 0 saturated carbocycles. The minimum Gasteiger partial charge on any atom is -0.381 e. The minimum atomic E-state index is 0.423. The normalized spacial score (nSPS) is 21.4. The molecule has 35 heavy (non-hydrogen) atoms. The zero-order chi connectivity index (χ0) is 24.5. The van der Waals surface area contributed by atoms with Gasteiger partial charge in [-0.25, -0.2) is 9.98 Å². The number of rotatable bonds is 6. The van der Waals surface area contributed by atoms with Gasteiger partial charge in [-0.3, -0.25) is 0 Å². The number of amidine groups is 1. The topological polar surface area (TPSA) is 53.0 Å². The number of ether oxygens (including phenoxy) is 1. The number of aromatic nitrogens is 1. The number of hydrogen-bond acceptors (Lipinski definition) is 4. The molecule has 0 unspecified atom stereocenters. The molecule has 0 bridgehead atoms. The average molecular weight is 473 g/mol. The second-order valence-corrected chi connectivity index (χ2v) is 10.7. The molecule has 3 aliphatic heterocycles. The van der Waals surface area contributed by atoms with Crippen LogP contribution in [-0.4, -0.2) is 54.4 Å². The summed E-state index contributed by atoms with van der Waals surface area (Å²) in [7, 11) is 0. The molecule has 2 saturated heterocycles. The Bertz CT molecular complexity index is 1200. The summed E-state index contributed by atoms with van der Waals surface area (Å²) in [5.74, 6) is 1.92. The lowest BCUT2D eigenvalue weighted by Crippen LogP contribution is -2.43. The Hall–Kier alpha value is -2.50. The molecule has 0 atom stereocenters. The van der Waals surface area contributed by atoms with Crippen LogP contribution in [0.5, 0.6) is 0 Å². The van der Waals surface area contributed by atoms with Crippen LogP contribution in [0, 0.1) is 0 Å². The Labute approximate surface area is 210 Å². The lowest BCUT2D eigenvalue weighted by molar-refractivity contribution is 0.0252. The minimum absolute atomic E-state index is 0.423. The molecule has 5 rings (SSSR count). The van der Waals surface area contributed by atoms with E-state index >= 15 is 0 Å². The van der Waals surface area contributed by atoms with Crippen LogP contribution < -0.4 is 0 Å². The quantitative estimate of drug-likeness (QED) is 0.469. The molecule has 4 heterocycles. The summed E-state index contributed by atoms with van der Waals surface area (Å²) < 4.78 is 5.58. The predicted octanol–water partition coefficient (Wildman–Crippen LogP) is 6.83. The molecule has 3 aliphatic rings. The summed E-state index contributed by atoms with van der Waals surface area (Å²) in [5, 5.41) is 1.38. The van der Waals surface area contributed by atoms with Gasteiger partial charge in [-0.15, -0.1) is 0 Å². The number of aliphatic imine (C=N–C) groups is 2. The molecule has 1 N–H and O–H groups in total. The van der Waals surface area contributed by atoms with Crippen molar-refractivity contribution in [3.05, 3.63) is 52.2 Å². The zero-order valence-electron chi connectivity index (χ0n) is 22.0. The number of aromatic amines is 1. The van der Waals surface area contributed by atoms with Crippen LogP contribution in [0.15, 0.2) is 45.4 Å². The maximum atomic E-state index is 5.58. The smallest absolute Gasteiger partial charge is 0.158 e. The third-order valence-corrected chi connectivity index (χ3v) is 8.37. The Morgan fingerprint density at radius 3 is 2.43 bits per heavy atom. The van der Waals surface area contributed by atoms with Gasteiger partial charge >= 0.3 is 0 Å². The highest BCUT2D eigenvalue weighted by molar-refractivity contribution is 6.13. The van der Waals surface area contributed by atoms with Crippen LogP contribution in [0.25, 0.3) is 16.5 Å². The van der Waals surface area contributed by atoms with E-state index in [4.69, 9.17) is 4.74 Å². The highest BCUT2D eigenvalue weighted by atomic mass is 16.5. The molecule has 0 aliphatic carbocycles. The molecule has 0 amide bonds. The highest BCUT2D eigenvalue weighted by Gasteiger charge is 2.28. The second-order valence-electron chi connectivity index (χ2n) is 10.7. The van der Waals surface area contributed by atoms with Crippen LogP contribution in [0.1, 0.15) is 89.0 Å². The van der Waals surface area contributed by atoms with Gasteiger partial charge < -0.3 is 14.6 Å². The largest absolute Gasteiger partial charge is 0.381 e. The number of fused-ring (bicyclic) bond motifs is 1. The summed E-state index contributed by atoms with van der Waals surface area (Å²) in [5.41, 5.74) is 9.02. The summed E-state index contributed by atoms with van der Waals surface area (Å²) in [6, 6.07) is 7.88. The van der Waals surface area contributed by atoms with Crippen LogP contribution in [-0.2, 0) is 4.74 Å². The van der Waals surface area contributed by atoms with Crippen molar-refractivity contribution in [3.8, 4) is 0 Å². The SMILES string of the molecule is C/C=C(\C(C)=C(\C)C1=NC=N1)c1[nH]c2ccc(C3CCN(C4CCOCC4)CC3)cc2c1C(C)C. The summed E-state index contributed by atoms with van der Waals surface area (Å²) >= 11 is 0. The third kappa shape index (κ3) is 4.68. The molecule has 5 nitrogen and oxygen atoms in total. The van der Waals surface area contributed by atoms with Crippen molar-refractivity contribution in [1.29, 1.82) is 0 Å². The van der Waals surface area contributed by atoms with E-state index in [0.717, 1.165) is 30.7 Å². The van der Waals surface area contributed by atoms with Crippen molar-refractivity contribution in [1.82, 2.24) is 9.88 Å². The number of piperidine rings is 1. The first-order chi connectivity index (χ1) is 17.0. The number of allylic oxidation sites excluding steroid dienone is 3. The molecule has 1 aromatic carbocycles. The number of H-pyrrole nitrogens is 1. The van der Waals surface area contributed by atoms with Gasteiger partial charge in [0.1, 0.15) is 6.34 Å². The van der Waals surface area contributed by atoms with Crippen molar-refractivity contribution in [2.75, 3.05) is 26.3 Å². The lowest BCUT2D eigenvalue weighted by atomic mass is 9.86. The predicted molar refractivity (Wildman–Crippen MR) is 148 cm³/mol. The first-order valence-corrected chi connectivity index (χ1v) is 13.4. The first-order valence-electron chi connectivity index (χ1n) is 13.4. The number of likely N-dealkylation sites (tertiary alicyclic amines) is 1. The van der Waals surface area contributed by atoms with E-state index in [-0.39, 0.29) is 0 Å². The number of nitrogens with zero attached hydrogens (tertiary/aromatic N) is 3. The van der Waals surface area contributed by atoms with E-state index in [1.807, 2.05) is 0 Å². The molecule has 0 radical (unpaired) electrons. The van der Waals surface area contributed by atoms with Crippen molar-refractivity contribution in [2.45, 2.75) is 78.2 Å². The van der Waals surface area contributed by atoms with Crippen molar-refractivity contribution in [2.24, 2.45) is 9.98 Å². The lowest BCUT2D eigenvalue weighted by Gasteiger charge is -2.39. The standard InChI is InChI=1S/C30H40N4O/c1-6-25(20(4)21(5)30-31-18-32-30)29-28(19(2)3)26-17-23(7-8-27(26)33-29)22-9-13-34(14-10-22)24-11-15-35-16-12-24/h6-8,17-19,22,24,33H,9-16H2,1-5H3/b21-20-,25-6+. The van der Waals surface area contributed by atoms with Crippen molar-refractivity contribution >= 4 is 28.7 Å². The van der Waals surface area contributed by atoms with Crippen LogP contribution in [0.4, 0.5) is 0 Å². The maximum absolute atomic E-state index is 5.58.